The number of nitro groups is 1. The average molecular weight is 321 g/mol. The Bertz CT molecular complexity index is 532. The first-order valence-electron chi connectivity index (χ1n) is 7.84. The van der Waals surface area contributed by atoms with Gasteiger partial charge < -0.3 is 16.0 Å². The number of anilines is 1. The molecule has 0 aromatic heterocycles. The molecule has 2 rings (SSSR count). The van der Waals surface area contributed by atoms with Crippen LogP contribution in [0.1, 0.15) is 6.42 Å². The first-order chi connectivity index (χ1) is 11.2. The van der Waals surface area contributed by atoms with E-state index >= 15 is 0 Å². The zero-order chi connectivity index (χ0) is 16.5. The van der Waals surface area contributed by atoms with Gasteiger partial charge in [0.25, 0.3) is 5.69 Å². The van der Waals surface area contributed by atoms with E-state index in [0.717, 1.165) is 32.7 Å². The van der Waals surface area contributed by atoms with Crippen LogP contribution in [0.4, 0.5) is 11.4 Å². The minimum absolute atomic E-state index is 0.0200. The van der Waals surface area contributed by atoms with Crippen molar-refractivity contribution in [3.63, 3.8) is 0 Å². The zero-order valence-electron chi connectivity index (χ0n) is 13.1. The highest BCUT2D eigenvalue weighted by Gasteiger charge is 2.12. The molecule has 0 aliphatic carbocycles. The maximum absolute atomic E-state index is 11.8. The normalized spacial score (nSPS) is 15.1. The first-order valence-corrected chi connectivity index (χ1v) is 7.84. The van der Waals surface area contributed by atoms with Gasteiger partial charge in [-0.05, 0) is 6.07 Å². The maximum Gasteiger partial charge on any atom is 0.292 e. The van der Waals surface area contributed by atoms with Gasteiger partial charge in [0.2, 0.25) is 5.91 Å². The van der Waals surface area contributed by atoms with Crippen molar-refractivity contribution in [3.05, 3.63) is 34.4 Å². The molecule has 8 heteroatoms. The number of para-hydroxylation sites is 2. The van der Waals surface area contributed by atoms with Gasteiger partial charge in [0.1, 0.15) is 5.69 Å². The van der Waals surface area contributed by atoms with Crippen LogP contribution < -0.4 is 16.0 Å². The van der Waals surface area contributed by atoms with Gasteiger partial charge in [-0.1, -0.05) is 12.1 Å². The molecule has 1 amide bonds. The van der Waals surface area contributed by atoms with Crippen molar-refractivity contribution in [2.45, 2.75) is 6.42 Å². The predicted octanol–water partition coefficient (Wildman–Crippen LogP) is 0.418. The zero-order valence-corrected chi connectivity index (χ0v) is 13.1. The third-order valence-electron chi connectivity index (χ3n) is 3.73. The van der Waals surface area contributed by atoms with E-state index in [4.69, 9.17) is 0 Å². The lowest BCUT2D eigenvalue weighted by Gasteiger charge is -2.27. The van der Waals surface area contributed by atoms with Gasteiger partial charge in [-0.15, -0.1) is 0 Å². The summed E-state index contributed by atoms with van der Waals surface area (Å²) in [5.74, 6) is -0.0498. The number of hydrogen-bond donors (Lipinski definition) is 3. The summed E-state index contributed by atoms with van der Waals surface area (Å²) in [5.41, 5.74) is 0.456. The number of nitrogens with zero attached hydrogens (tertiary/aromatic N) is 2. The van der Waals surface area contributed by atoms with E-state index in [-0.39, 0.29) is 18.0 Å². The molecule has 8 nitrogen and oxygen atoms in total. The van der Waals surface area contributed by atoms with Crippen LogP contribution in [0.3, 0.4) is 0 Å². The number of carbonyl (C=O) groups excluding carboxylic acids is 1. The monoisotopic (exact) mass is 321 g/mol. The number of carbonyl (C=O) groups is 1. The van der Waals surface area contributed by atoms with Crippen LogP contribution >= 0.6 is 0 Å². The second-order valence-corrected chi connectivity index (χ2v) is 5.39. The standard InChI is InChI=1S/C15H23N5O3/c21-15(18-9-12-19-10-7-16-8-11-19)5-6-17-13-3-1-2-4-14(13)20(22)23/h1-4,16-17H,5-12H2,(H,18,21). The molecule has 1 aliphatic heterocycles. The molecule has 0 unspecified atom stereocenters. The SMILES string of the molecule is O=C(CCNc1ccccc1[N+](=O)[O-])NCCN1CCNCC1. The molecular weight excluding hydrogens is 298 g/mol. The Hall–Kier alpha value is -2.19. The smallest absolute Gasteiger partial charge is 0.292 e. The Labute approximate surface area is 135 Å². The molecule has 0 bridgehead atoms. The van der Waals surface area contributed by atoms with Crippen molar-refractivity contribution in [2.75, 3.05) is 51.1 Å². The van der Waals surface area contributed by atoms with Crippen molar-refractivity contribution in [2.24, 2.45) is 0 Å². The average Bonchev–Trinajstić information content (AvgIpc) is 2.56. The number of piperazine rings is 1. The van der Waals surface area contributed by atoms with Gasteiger partial charge in [-0.25, -0.2) is 0 Å². The van der Waals surface area contributed by atoms with E-state index in [9.17, 15) is 14.9 Å². The molecule has 0 atom stereocenters. The summed E-state index contributed by atoms with van der Waals surface area (Å²) in [6.07, 6.45) is 0.285. The van der Waals surface area contributed by atoms with Gasteiger partial charge in [-0.3, -0.25) is 19.8 Å². The van der Waals surface area contributed by atoms with Crippen LogP contribution in [0.15, 0.2) is 24.3 Å². The van der Waals surface area contributed by atoms with Crippen LogP contribution in [0.5, 0.6) is 0 Å². The first kappa shape index (κ1) is 17.2. The summed E-state index contributed by atoms with van der Waals surface area (Å²) in [5, 5.41) is 20.0. The Morgan fingerprint density at radius 1 is 1.26 bits per heavy atom. The third-order valence-corrected chi connectivity index (χ3v) is 3.73. The van der Waals surface area contributed by atoms with Crippen LogP contribution in [0, 0.1) is 10.1 Å². The van der Waals surface area contributed by atoms with E-state index in [1.807, 2.05) is 0 Å². The maximum atomic E-state index is 11.8. The molecule has 1 saturated heterocycles. The van der Waals surface area contributed by atoms with Crippen molar-refractivity contribution in [3.8, 4) is 0 Å². The minimum atomic E-state index is -0.435. The van der Waals surface area contributed by atoms with Crippen molar-refractivity contribution >= 4 is 17.3 Å². The topological polar surface area (TPSA) is 99.5 Å². The number of amides is 1. The Morgan fingerprint density at radius 3 is 2.74 bits per heavy atom. The number of nitrogens with one attached hydrogen (secondary N) is 3. The van der Waals surface area contributed by atoms with Gasteiger partial charge >= 0.3 is 0 Å². The fourth-order valence-corrected chi connectivity index (χ4v) is 2.47. The molecule has 0 saturated carbocycles. The van der Waals surface area contributed by atoms with Gasteiger partial charge in [0.15, 0.2) is 0 Å². The molecule has 1 heterocycles. The van der Waals surface area contributed by atoms with Crippen LogP contribution in [0.2, 0.25) is 0 Å². The van der Waals surface area contributed by atoms with Crippen molar-refractivity contribution in [1.29, 1.82) is 0 Å². The summed E-state index contributed by atoms with van der Waals surface area (Å²) < 4.78 is 0. The Morgan fingerprint density at radius 2 is 2.00 bits per heavy atom. The highest BCUT2D eigenvalue weighted by atomic mass is 16.6. The molecule has 0 spiro atoms. The Kier molecular flexibility index (Phi) is 6.76. The fourth-order valence-electron chi connectivity index (χ4n) is 2.47. The lowest BCUT2D eigenvalue weighted by atomic mass is 10.2. The summed E-state index contributed by atoms with van der Waals surface area (Å²) >= 11 is 0. The summed E-state index contributed by atoms with van der Waals surface area (Å²) in [6, 6.07) is 6.42. The second-order valence-electron chi connectivity index (χ2n) is 5.39. The van der Waals surface area contributed by atoms with E-state index < -0.39 is 4.92 Å². The number of nitro benzene ring substituents is 1. The summed E-state index contributed by atoms with van der Waals surface area (Å²) in [6.45, 7) is 5.85. The molecular formula is C15H23N5O3. The molecule has 3 N–H and O–H groups in total. The molecule has 0 radical (unpaired) electrons. The van der Waals surface area contributed by atoms with Gasteiger partial charge in [-0.2, -0.15) is 0 Å². The van der Waals surface area contributed by atoms with E-state index in [2.05, 4.69) is 20.9 Å². The Balaban J connectivity index is 1.64. The molecule has 1 aromatic carbocycles. The van der Waals surface area contributed by atoms with Crippen LogP contribution in [-0.4, -0.2) is 61.5 Å². The quantitative estimate of drug-likeness (QED) is 0.474. The lowest BCUT2D eigenvalue weighted by molar-refractivity contribution is -0.384. The van der Waals surface area contributed by atoms with Crippen LogP contribution in [-0.2, 0) is 4.79 Å². The van der Waals surface area contributed by atoms with Crippen molar-refractivity contribution < 1.29 is 9.72 Å². The number of benzene rings is 1. The highest BCUT2D eigenvalue weighted by molar-refractivity contribution is 5.76. The molecule has 23 heavy (non-hydrogen) atoms. The van der Waals surface area contributed by atoms with E-state index in [1.54, 1.807) is 18.2 Å². The lowest BCUT2D eigenvalue weighted by Crippen LogP contribution is -2.46. The van der Waals surface area contributed by atoms with Gasteiger partial charge in [0.05, 0.1) is 4.92 Å². The molecule has 1 aromatic rings. The number of hydrogen-bond acceptors (Lipinski definition) is 6. The van der Waals surface area contributed by atoms with E-state index in [0.29, 0.717) is 18.8 Å². The second kappa shape index (κ2) is 9.06. The van der Waals surface area contributed by atoms with Crippen LogP contribution in [0.25, 0.3) is 0 Å². The van der Waals surface area contributed by atoms with E-state index in [1.165, 1.54) is 6.07 Å². The molecule has 126 valence electrons. The minimum Gasteiger partial charge on any atom is -0.379 e. The summed E-state index contributed by atoms with van der Waals surface area (Å²) in [4.78, 5) is 24.5. The van der Waals surface area contributed by atoms with Crippen molar-refractivity contribution in [1.82, 2.24) is 15.5 Å². The predicted molar refractivity (Wildman–Crippen MR) is 88.5 cm³/mol. The fraction of sp³-hybridized carbons (Fsp3) is 0.533. The van der Waals surface area contributed by atoms with Gasteiger partial charge in [0, 0.05) is 58.3 Å². The molecule has 1 fully saturated rings. The third kappa shape index (κ3) is 5.84. The molecule has 1 aliphatic rings. The largest absolute Gasteiger partial charge is 0.379 e. The highest BCUT2D eigenvalue weighted by Crippen LogP contribution is 2.22. The summed E-state index contributed by atoms with van der Waals surface area (Å²) in [7, 11) is 0. The number of rotatable bonds is 8.